The molecule has 0 N–H and O–H groups in total. The monoisotopic (exact) mass is 388 g/mol. The Labute approximate surface area is 132 Å². The molecule has 0 aromatic heterocycles. The van der Waals surface area contributed by atoms with Crippen molar-refractivity contribution in [3.8, 4) is 9.86 Å². The van der Waals surface area contributed by atoms with Crippen LogP contribution in [0.3, 0.4) is 0 Å². The molecule has 0 spiro atoms. The zero-order chi connectivity index (χ0) is 15.3. The van der Waals surface area contributed by atoms with Gasteiger partial charge in [-0.1, -0.05) is 0 Å². The Morgan fingerprint density at radius 2 is 1.30 bits per heavy atom. The molecule has 0 heterocycles. The number of hydrogen-bond donors (Lipinski definition) is 0. The van der Waals surface area contributed by atoms with Crippen molar-refractivity contribution in [2.45, 2.75) is 92.1 Å². The van der Waals surface area contributed by atoms with Crippen LogP contribution in [0.2, 0.25) is 13.3 Å². The van der Waals surface area contributed by atoms with E-state index in [9.17, 15) is 0 Å². The van der Waals surface area contributed by atoms with Gasteiger partial charge in [-0.25, -0.2) is 0 Å². The van der Waals surface area contributed by atoms with E-state index in [0.29, 0.717) is 0 Å². The van der Waals surface area contributed by atoms with Gasteiger partial charge in [-0.15, -0.1) is 0 Å². The summed E-state index contributed by atoms with van der Waals surface area (Å²) >= 11 is -2.23. The van der Waals surface area contributed by atoms with Crippen LogP contribution in [-0.4, -0.2) is 31.6 Å². The second-order valence-corrected chi connectivity index (χ2v) is 18.3. The van der Waals surface area contributed by atoms with E-state index in [0.717, 1.165) is 6.42 Å². The van der Waals surface area contributed by atoms with E-state index in [4.69, 9.17) is 4.74 Å². The fourth-order valence-corrected chi connectivity index (χ4v) is 16.0. The minimum absolute atomic E-state index is 0.163. The zero-order valence-electron chi connectivity index (χ0n) is 14.6. The average molecular weight is 387 g/mol. The van der Waals surface area contributed by atoms with Gasteiger partial charge in [0.15, 0.2) is 0 Å². The summed E-state index contributed by atoms with van der Waals surface area (Å²) in [6, 6.07) is 0. The first-order chi connectivity index (χ1) is 9.67. The molecule has 0 saturated carbocycles. The standard InChI is InChI=1S/C6H9O.3C4H9.Sn/c1-4-6(5-2)7-3;3*1-3-4-2;/h6H,4H2,1,3H3;3*1,3-4H2,2H3;. The summed E-state index contributed by atoms with van der Waals surface area (Å²) in [6.45, 7) is 9.11. The molecule has 0 aliphatic heterocycles. The van der Waals surface area contributed by atoms with Crippen LogP contribution < -0.4 is 0 Å². The Kier molecular flexibility index (Phi) is 13.2. The molecule has 0 rings (SSSR count). The summed E-state index contributed by atoms with van der Waals surface area (Å²) in [6.07, 6.45) is 9.31. The molecule has 1 unspecified atom stereocenters. The van der Waals surface area contributed by atoms with Crippen LogP contribution in [0.25, 0.3) is 0 Å². The Balaban J connectivity index is 5.00. The van der Waals surface area contributed by atoms with E-state index >= 15 is 0 Å². The fourth-order valence-electron chi connectivity index (χ4n) is 2.67. The number of ether oxygens (including phenoxy) is 1. The third-order valence-electron chi connectivity index (χ3n) is 4.18. The molecule has 0 aromatic rings. The quantitative estimate of drug-likeness (QED) is 0.322. The molecule has 0 aliphatic rings. The van der Waals surface area contributed by atoms with Crippen molar-refractivity contribution < 1.29 is 4.74 Å². The predicted molar refractivity (Wildman–Crippen MR) is 93.8 cm³/mol. The number of rotatable bonds is 11. The molecule has 118 valence electrons. The molecule has 0 aromatic carbocycles. The van der Waals surface area contributed by atoms with E-state index in [1.165, 1.54) is 51.8 Å². The summed E-state index contributed by atoms with van der Waals surface area (Å²) in [7, 11) is 1.80. The van der Waals surface area contributed by atoms with E-state index in [1.54, 1.807) is 7.11 Å². The van der Waals surface area contributed by atoms with Gasteiger partial charge < -0.3 is 0 Å². The Morgan fingerprint density at radius 3 is 1.60 bits per heavy atom. The van der Waals surface area contributed by atoms with E-state index in [-0.39, 0.29) is 6.10 Å². The minimum atomic E-state index is -2.23. The van der Waals surface area contributed by atoms with Crippen molar-refractivity contribution in [1.29, 1.82) is 0 Å². The topological polar surface area (TPSA) is 9.23 Å². The number of hydrogen-bond acceptors (Lipinski definition) is 1. The van der Waals surface area contributed by atoms with Crippen molar-refractivity contribution >= 4 is 18.4 Å². The molecular weight excluding hydrogens is 351 g/mol. The van der Waals surface area contributed by atoms with Crippen molar-refractivity contribution in [2.24, 2.45) is 0 Å². The summed E-state index contributed by atoms with van der Waals surface area (Å²) < 4.78 is 13.8. The van der Waals surface area contributed by atoms with Gasteiger partial charge in [-0.05, 0) is 0 Å². The van der Waals surface area contributed by atoms with E-state index in [2.05, 4.69) is 37.6 Å². The van der Waals surface area contributed by atoms with Gasteiger partial charge in [0, 0.05) is 0 Å². The molecule has 0 fully saturated rings. The van der Waals surface area contributed by atoms with Crippen LogP contribution in [0.1, 0.15) is 72.6 Å². The maximum absolute atomic E-state index is 5.47. The molecular formula is C18H36OSn. The van der Waals surface area contributed by atoms with Crippen LogP contribution >= 0.6 is 0 Å². The van der Waals surface area contributed by atoms with Crippen molar-refractivity contribution in [3.05, 3.63) is 0 Å². The van der Waals surface area contributed by atoms with Crippen molar-refractivity contribution in [1.82, 2.24) is 0 Å². The summed E-state index contributed by atoms with van der Waals surface area (Å²) in [5.41, 5.74) is 0. The van der Waals surface area contributed by atoms with E-state index < -0.39 is 18.4 Å². The van der Waals surface area contributed by atoms with Gasteiger partial charge >= 0.3 is 132 Å². The van der Waals surface area contributed by atoms with Gasteiger partial charge in [0.2, 0.25) is 0 Å². The molecule has 0 radical (unpaired) electrons. The van der Waals surface area contributed by atoms with Crippen LogP contribution in [0.5, 0.6) is 0 Å². The first-order valence-corrected chi connectivity index (χ1v) is 16.2. The van der Waals surface area contributed by atoms with Gasteiger partial charge in [0.05, 0.1) is 0 Å². The molecule has 2 heteroatoms. The zero-order valence-corrected chi connectivity index (χ0v) is 17.4. The second kappa shape index (κ2) is 13.0. The first kappa shape index (κ1) is 20.3. The summed E-state index contributed by atoms with van der Waals surface area (Å²) in [5.74, 6) is 3.51. The van der Waals surface area contributed by atoms with E-state index in [1.807, 2.05) is 0 Å². The van der Waals surface area contributed by atoms with Crippen LogP contribution in [0.4, 0.5) is 0 Å². The first-order valence-electron chi connectivity index (χ1n) is 8.73. The Bertz CT molecular complexity index is 251. The van der Waals surface area contributed by atoms with Crippen molar-refractivity contribution in [3.63, 3.8) is 0 Å². The molecule has 1 atom stereocenters. The number of unbranched alkanes of at least 4 members (excludes halogenated alkanes) is 3. The number of methoxy groups -OCH3 is 1. The van der Waals surface area contributed by atoms with Gasteiger partial charge in [0.25, 0.3) is 0 Å². The predicted octanol–water partition coefficient (Wildman–Crippen LogP) is 5.80. The van der Waals surface area contributed by atoms with Gasteiger partial charge in [0.1, 0.15) is 0 Å². The van der Waals surface area contributed by atoms with Crippen LogP contribution in [0.15, 0.2) is 0 Å². The Hall–Kier alpha value is 0.319. The van der Waals surface area contributed by atoms with Gasteiger partial charge in [-0.3, -0.25) is 0 Å². The average Bonchev–Trinajstić information content (AvgIpc) is 2.49. The second-order valence-electron chi connectivity index (χ2n) is 5.99. The molecule has 0 saturated heterocycles. The van der Waals surface area contributed by atoms with Crippen molar-refractivity contribution in [2.75, 3.05) is 7.11 Å². The molecule has 20 heavy (non-hydrogen) atoms. The third-order valence-corrected chi connectivity index (χ3v) is 17.3. The molecule has 1 nitrogen and oxygen atoms in total. The molecule has 0 bridgehead atoms. The fraction of sp³-hybridized carbons (Fsp3) is 0.889. The van der Waals surface area contributed by atoms with Gasteiger partial charge in [-0.2, -0.15) is 0 Å². The normalized spacial score (nSPS) is 12.8. The summed E-state index contributed by atoms with van der Waals surface area (Å²) in [4.78, 5) is 0. The van der Waals surface area contributed by atoms with Crippen LogP contribution in [-0.2, 0) is 4.74 Å². The molecule has 0 aliphatic carbocycles. The van der Waals surface area contributed by atoms with Crippen LogP contribution in [0, 0.1) is 9.86 Å². The summed E-state index contributed by atoms with van der Waals surface area (Å²) in [5, 5.41) is 0. The SMILES string of the molecule is CCC[CH2][Sn]([C]#CC(CC)OC)([CH2]CCC)[CH2]CCC. The molecule has 0 amide bonds. The maximum atomic E-state index is 5.47. The third kappa shape index (κ3) is 8.57. The Morgan fingerprint density at radius 1 is 0.850 bits per heavy atom.